The van der Waals surface area contributed by atoms with Crippen molar-refractivity contribution in [3.05, 3.63) is 48.0 Å². The van der Waals surface area contributed by atoms with Gasteiger partial charge in [-0.3, -0.25) is 0 Å². The molecule has 0 unspecified atom stereocenters. The third-order valence-corrected chi connectivity index (χ3v) is 3.15. The maximum absolute atomic E-state index is 11.7. The lowest BCUT2D eigenvalue weighted by molar-refractivity contribution is -0.134. The van der Waals surface area contributed by atoms with E-state index in [1.165, 1.54) is 18.1 Å². The quantitative estimate of drug-likeness (QED) is 0.371. The molecule has 1 aromatic rings. The lowest BCUT2D eigenvalue weighted by Gasteiger charge is -2.14. The Hall–Kier alpha value is -2.74. The van der Waals surface area contributed by atoms with Crippen molar-refractivity contribution in [1.29, 1.82) is 0 Å². The molecule has 1 atom stereocenters. The van der Waals surface area contributed by atoms with Crippen LogP contribution in [0, 0.1) is 12.0 Å². The highest BCUT2D eigenvalue weighted by atomic mass is 16.6. The average molecular weight is 299 g/mol. The molecular formula is C17H17NO4. The third kappa shape index (κ3) is 4.13. The number of esters is 1. The minimum Gasteiger partial charge on any atom is -0.466 e. The van der Waals surface area contributed by atoms with Crippen molar-refractivity contribution in [2.45, 2.75) is 18.9 Å². The molecule has 0 bridgehead atoms. The fourth-order valence-electron chi connectivity index (χ4n) is 2.01. The first-order chi connectivity index (χ1) is 10.7. The maximum atomic E-state index is 11.7. The lowest BCUT2D eigenvalue weighted by atomic mass is 10.1. The first-order valence-corrected chi connectivity index (χ1v) is 6.96. The summed E-state index contributed by atoms with van der Waals surface area (Å²) in [6.45, 7) is 0.305. The fourth-order valence-corrected chi connectivity index (χ4v) is 2.01. The van der Waals surface area contributed by atoms with Gasteiger partial charge >= 0.3 is 12.1 Å². The van der Waals surface area contributed by atoms with E-state index in [2.05, 4.69) is 16.7 Å². The molecule has 0 aromatic heterocycles. The summed E-state index contributed by atoms with van der Waals surface area (Å²) in [5.74, 6) is 2.53. The molecule has 1 saturated heterocycles. The molecule has 0 saturated carbocycles. The highest BCUT2D eigenvalue weighted by Gasteiger charge is 2.33. The molecule has 0 radical (unpaired) electrons. The van der Waals surface area contributed by atoms with Crippen LogP contribution in [-0.2, 0) is 14.3 Å². The Morgan fingerprint density at radius 3 is 2.95 bits per heavy atom. The third-order valence-electron chi connectivity index (χ3n) is 3.15. The van der Waals surface area contributed by atoms with Gasteiger partial charge in [0, 0.05) is 18.5 Å². The molecule has 0 aliphatic carbocycles. The largest absolute Gasteiger partial charge is 0.466 e. The second-order valence-electron chi connectivity index (χ2n) is 4.63. The molecule has 2 rings (SSSR count). The predicted octanol–water partition coefficient (Wildman–Crippen LogP) is 2.65. The van der Waals surface area contributed by atoms with Crippen LogP contribution in [0.4, 0.5) is 4.79 Å². The SMILES string of the molecule is COC(=O)/C=C/CCC#CN1C(=O)OC[C@H]1c1ccccc1. The molecule has 1 amide bonds. The van der Waals surface area contributed by atoms with Crippen molar-refractivity contribution in [2.24, 2.45) is 0 Å². The van der Waals surface area contributed by atoms with E-state index in [4.69, 9.17) is 4.74 Å². The Bertz CT molecular complexity index is 613. The van der Waals surface area contributed by atoms with Crippen LogP contribution < -0.4 is 0 Å². The molecule has 114 valence electrons. The first kappa shape index (κ1) is 15.6. The van der Waals surface area contributed by atoms with Crippen LogP contribution in [0.5, 0.6) is 0 Å². The minimum absolute atomic E-state index is 0.174. The number of hydrogen-bond donors (Lipinski definition) is 0. The minimum atomic E-state index is -0.425. The Balaban J connectivity index is 1.93. The van der Waals surface area contributed by atoms with Gasteiger partial charge < -0.3 is 9.47 Å². The molecule has 1 heterocycles. The van der Waals surface area contributed by atoms with Gasteiger partial charge in [0.2, 0.25) is 0 Å². The van der Waals surface area contributed by atoms with Crippen LogP contribution in [0.25, 0.3) is 0 Å². The number of carbonyl (C=O) groups is 2. The molecule has 0 spiro atoms. The molecule has 0 N–H and O–H groups in total. The van der Waals surface area contributed by atoms with Crippen molar-refractivity contribution >= 4 is 12.1 Å². The highest BCUT2D eigenvalue weighted by molar-refractivity contribution is 5.81. The van der Waals surface area contributed by atoms with E-state index in [0.717, 1.165) is 5.56 Å². The van der Waals surface area contributed by atoms with Gasteiger partial charge in [0.25, 0.3) is 0 Å². The summed E-state index contributed by atoms with van der Waals surface area (Å²) >= 11 is 0. The van der Waals surface area contributed by atoms with E-state index >= 15 is 0 Å². The van der Waals surface area contributed by atoms with Crippen LogP contribution in [0.1, 0.15) is 24.4 Å². The van der Waals surface area contributed by atoms with Crippen LogP contribution in [0.15, 0.2) is 42.5 Å². The zero-order valence-electron chi connectivity index (χ0n) is 12.3. The molecule has 22 heavy (non-hydrogen) atoms. The van der Waals surface area contributed by atoms with Gasteiger partial charge in [-0.2, -0.15) is 0 Å². The number of amides is 1. The number of rotatable bonds is 4. The van der Waals surface area contributed by atoms with Crippen molar-refractivity contribution in [1.82, 2.24) is 4.90 Å². The number of unbranched alkanes of at least 4 members (excludes halogenated alkanes) is 1. The Morgan fingerprint density at radius 2 is 2.23 bits per heavy atom. The van der Waals surface area contributed by atoms with E-state index in [0.29, 0.717) is 19.4 Å². The molecule has 5 heteroatoms. The van der Waals surface area contributed by atoms with Crippen LogP contribution in [0.3, 0.4) is 0 Å². The van der Waals surface area contributed by atoms with Crippen LogP contribution in [0.2, 0.25) is 0 Å². The van der Waals surface area contributed by atoms with E-state index in [1.54, 1.807) is 6.08 Å². The predicted molar refractivity (Wildman–Crippen MR) is 80.5 cm³/mol. The molecule has 1 fully saturated rings. The number of methoxy groups -OCH3 is 1. The summed E-state index contributed by atoms with van der Waals surface area (Å²) in [7, 11) is 1.33. The van der Waals surface area contributed by atoms with Gasteiger partial charge in [-0.1, -0.05) is 42.3 Å². The summed E-state index contributed by atoms with van der Waals surface area (Å²) in [6.07, 6.45) is 3.78. The second-order valence-corrected chi connectivity index (χ2v) is 4.63. The zero-order chi connectivity index (χ0) is 15.8. The van der Waals surface area contributed by atoms with Crippen molar-refractivity contribution in [2.75, 3.05) is 13.7 Å². The molecule has 1 aromatic carbocycles. The number of benzene rings is 1. The normalized spacial score (nSPS) is 17.0. The number of allylic oxidation sites excluding steroid dienone is 1. The summed E-state index contributed by atoms with van der Waals surface area (Å²) in [5, 5.41) is 0. The van der Waals surface area contributed by atoms with E-state index in [-0.39, 0.29) is 12.0 Å². The smallest absolute Gasteiger partial charge is 0.422 e. The van der Waals surface area contributed by atoms with E-state index in [9.17, 15) is 9.59 Å². The van der Waals surface area contributed by atoms with Crippen molar-refractivity contribution < 1.29 is 19.1 Å². The fraction of sp³-hybridized carbons (Fsp3) is 0.294. The van der Waals surface area contributed by atoms with Crippen LogP contribution in [-0.4, -0.2) is 30.7 Å². The number of hydrogen-bond acceptors (Lipinski definition) is 4. The van der Waals surface area contributed by atoms with Gasteiger partial charge in [-0.25, -0.2) is 14.5 Å². The van der Waals surface area contributed by atoms with Crippen molar-refractivity contribution in [3.63, 3.8) is 0 Å². The topological polar surface area (TPSA) is 55.8 Å². The summed E-state index contributed by atoms with van der Waals surface area (Å²) in [5.41, 5.74) is 0.994. The molecule has 5 nitrogen and oxygen atoms in total. The Labute approximate surface area is 129 Å². The second kappa shape index (κ2) is 7.89. The van der Waals surface area contributed by atoms with Gasteiger partial charge in [0.05, 0.1) is 7.11 Å². The molecular weight excluding hydrogens is 282 g/mol. The highest BCUT2D eigenvalue weighted by Crippen LogP contribution is 2.26. The monoisotopic (exact) mass is 299 g/mol. The van der Waals surface area contributed by atoms with Crippen molar-refractivity contribution in [3.8, 4) is 12.0 Å². The zero-order valence-corrected chi connectivity index (χ0v) is 12.3. The maximum Gasteiger partial charge on any atom is 0.422 e. The summed E-state index contributed by atoms with van der Waals surface area (Å²) < 4.78 is 9.55. The number of carbonyl (C=O) groups excluding carboxylic acids is 2. The van der Waals surface area contributed by atoms with Gasteiger partial charge in [-0.05, 0) is 12.0 Å². The first-order valence-electron chi connectivity index (χ1n) is 6.96. The van der Waals surface area contributed by atoms with Gasteiger partial charge in [0.1, 0.15) is 12.6 Å². The van der Waals surface area contributed by atoms with E-state index < -0.39 is 6.09 Å². The average Bonchev–Trinajstić information content (AvgIpc) is 2.92. The van der Waals surface area contributed by atoms with Gasteiger partial charge in [0.15, 0.2) is 0 Å². The van der Waals surface area contributed by atoms with E-state index in [1.807, 2.05) is 30.3 Å². The summed E-state index contributed by atoms with van der Waals surface area (Å²) in [6, 6.07) is 12.3. The van der Waals surface area contributed by atoms with Gasteiger partial charge in [-0.15, -0.1) is 0 Å². The summed E-state index contributed by atoms with van der Waals surface area (Å²) in [4.78, 5) is 24.0. The standard InChI is InChI=1S/C17H17NO4/c1-21-16(19)11-7-2-3-8-12-18-15(13-22-17(18)20)14-9-5-4-6-10-14/h4-7,9-11,15H,2-3,13H2,1H3/b11-7+/t15-/m0/s1. The molecule has 1 aliphatic rings. The number of ether oxygens (including phenoxy) is 2. The Kier molecular flexibility index (Phi) is 5.61. The number of nitrogens with zero attached hydrogens (tertiary/aromatic N) is 1. The molecule has 1 aliphatic heterocycles. The van der Waals surface area contributed by atoms with Crippen LogP contribution >= 0.6 is 0 Å². The number of cyclic esters (lactones) is 1. The lowest BCUT2D eigenvalue weighted by Crippen LogP contribution is -2.22. The Morgan fingerprint density at radius 1 is 1.45 bits per heavy atom.